The summed E-state index contributed by atoms with van der Waals surface area (Å²) in [5, 5.41) is 12.9. The van der Waals surface area contributed by atoms with E-state index in [-0.39, 0.29) is 6.04 Å². The van der Waals surface area contributed by atoms with Crippen LogP contribution >= 0.6 is 23.2 Å². The van der Waals surface area contributed by atoms with Gasteiger partial charge < -0.3 is 5.32 Å². The van der Waals surface area contributed by atoms with Crippen LogP contribution in [-0.4, -0.2) is 10.2 Å². The molecule has 0 saturated carbocycles. The summed E-state index contributed by atoms with van der Waals surface area (Å²) < 4.78 is 0. The monoisotopic (exact) mass is 319 g/mol. The van der Waals surface area contributed by atoms with Gasteiger partial charge in [0.2, 0.25) is 0 Å². The fraction of sp³-hybridized carbons (Fsp3) is 0.188. The summed E-state index contributed by atoms with van der Waals surface area (Å²) in [5.41, 5.74) is 3.19. The Labute approximate surface area is 133 Å². The van der Waals surface area contributed by atoms with E-state index in [1.165, 1.54) is 0 Å². The molecule has 108 valence electrons. The third kappa shape index (κ3) is 2.85. The van der Waals surface area contributed by atoms with Crippen LogP contribution in [-0.2, 0) is 0 Å². The van der Waals surface area contributed by atoms with Crippen LogP contribution in [0.15, 0.2) is 42.6 Å². The zero-order valence-corrected chi connectivity index (χ0v) is 13.0. The van der Waals surface area contributed by atoms with Gasteiger partial charge in [0.05, 0.1) is 27.8 Å². The summed E-state index contributed by atoms with van der Waals surface area (Å²) >= 11 is 12.1. The van der Waals surface area contributed by atoms with Crippen molar-refractivity contribution in [2.75, 3.05) is 5.32 Å². The van der Waals surface area contributed by atoms with Crippen LogP contribution in [0, 0.1) is 0 Å². The largest absolute Gasteiger partial charge is 0.378 e. The standard InChI is InChI=1S/C16H15Cl2N3/c1-2-14(10-6-7-12(17)13(18)8-10)20-15-4-3-5-16-11(15)9-19-21-16/h3-9,14,20H,2H2,1H3,(H,19,21). The molecule has 2 N–H and O–H groups in total. The minimum absolute atomic E-state index is 0.167. The van der Waals surface area contributed by atoms with E-state index >= 15 is 0 Å². The summed E-state index contributed by atoms with van der Waals surface area (Å²) in [6.07, 6.45) is 2.77. The molecule has 0 bridgehead atoms. The second kappa shape index (κ2) is 5.96. The Morgan fingerprint density at radius 2 is 2.05 bits per heavy atom. The molecular weight excluding hydrogens is 305 g/mol. The highest BCUT2D eigenvalue weighted by Crippen LogP contribution is 2.31. The number of fused-ring (bicyclic) bond motifs is 1. The lowest BCUT2D eigenvalue weighted by Gasteiger charge is -2.20. The van der Waals surface area contributed by atoms with Crippen LogP contribution in [0.2, 0.25) is 10.0 Å². The van der Waals surface area contributed by atoms with Gasteiger partial charge in [-0.15, -0.1) is 0 Å². The molecule has 5 heteroatoms. The molecule has 3 aromatic rings. The number of hydrogen-bond acceptors (Lipinski definition) is 2. The molecule has 0 aliphatic carbocycles. The first kappa shape index (κ1) is 14.2. The number of nitrogens with zero attached hydrogens (tertiary/aromatic N) is 1. The molecule has 1 atom stereocenters. The van der Waals surface area contributed by atoms with Gasteiger partial charge in [0.25, 0.3) is 0 Å². The molecule has 0 amide bonds. The van der Waals surface area contributed by atoms with Gasteiger partial charge in [0.1, 0.15) is 0 Å². The van der Waals surface area contributed by atoms with Crippen molar-refractivity contribution >= 4 is 39.8 Å². The summed E-state index contributed by atoms with van der Waals surface area (Å²) in [7, 11) is 0. The summed E-state index contributed by atoms with van der Waals surface area (Å²) in [6, 6.07) is 12.0. The average Bonchev–Trinajstić information content (AvgIpc) is 2.97. The molecule has 0 spiro atoms. The smallest absolute Gasteiger partial charge is 0.0671 e. The SMILES string of the molecule is CCC(Nc1cccc2[nH]ncc12)c1ccc(Cl)c(Cl)c1. The van der Waals surface area contributed by atoms with E-state index in [1.54, 1.807) is 0 Å². The molecule has 21 heavy (non-hydrogen) atoms. The Hall–Kier alpha value is -1.71. The number of halogens is 2. The highest BCUT2D eigenvalue weighted by atomic mass is 35.5. The van der Waals surface area contributed by atoms with E-state index in [0.29, 0.717) is 10.0 Å². The number of rotatable bonds is 4. The molecule has 0 fully saturated rings. The number of aromatic amines is 1. The predicted molar refractivity (Wildman–Crippen MR) is 89.2 cm³/mol. The van der Waals surface area contributed by atoms with Crippen molar-refractivity contribution < 1.29 is 0 Å². The van der Waals surface area contributed by atoms with Gasteiger partial charge >= 0.3 is 0 Å². The minimum atomic E-state index is 0.167. The van der Waals surface area contributed by atoms with Crippen LogP contribution in [0.5, 0.6) is 0 Å². The number of aromatic nitrogens is 2. The third-order valence-corrected chi connectivity index (χ3v) is 4.31. The van der Waals surface area contributed by atoms with Gasteiger partial charge in [-0.1, -0.05) is 42.3 Å². The van der Waals surface area contributed by atoms with Crippen molar-refractivity contribution in [2.24, 2.45) is 0 Å². The maximum atomic E-state index is 6.12. The van der Waals surface area contributed by atoms with Crippen molar-refractivity contribution in [1.29, 1.82) is 0 Å². The lowest BCUT2D eigenvalue weighted by Crippen LogP contribution is -2.09. The van der Waals surface area contributed by atoms with Crippen LogP contribution in [0.3, 0.4) is 0 Å². The second-order valence-electron chi connectivity index (χ2n) is 4.92. The third-order valence-electron chi connectivity index (χ3n) is 3.57. The van der Waals surface area contributed by atoms with Crippen molar-refractivity contribution in [3.05, 3.63) is 58.2 Å². The number of H-pyrrole nitrogens is 1. The molecule has 3 nitrogen and oxygen atoms in total. The number of anilines is 1. The van der Waals surface area contributed by atoms with Gasteiger partial charge in [-0.2, -0.15) is 5.10 Å². The maximum absolute atomic E-state index is 6.12. The van der Waals surface area contributed by atoms with E-state index in [0.717, 1.165) is 28.6 Å². The predicted octanol–water partition coefficient (Wildman–Crippen LogP) is 5.43. The topological polar surface area (TPSA) is 40.7 Å². The number of hydrogen-bond donors (Lipinski definition) is 2. The molecule has 2 aromatic carbocycles. The van der Waals surface area contributed by atoms with Crippen LogP contribution in [0.25, 0.3) is 10.9 Å². The minimum Gasteiger partial charge on any atom is -0.378 e. The Bertz CT molecular complexity index is 767. The zero-order valence-electron chi connectivity index (χ0n) is 11.5. The van der Waals surface area contributed by atoms with Crippen molar-refractivity contribution in [3.8, 4) is 0 Å². The molecule has 0 saturated heterocycles. The van der Waals surface area contributed by atoms with Crippen LogP contribution in [0.4, 0.5) is 5.69 Å². The Morgan fingerprint density at radius 1 is 1.19 bits per heavy atom. The molecule has 1 heterocycles. The summed E-state index contributed by atoms with van der Waals surface area (Å²) in [4.78, 5) is 0. The molecule has 0 aliphatic rings. The van der Waals surface area contributed by atoms with Gasteiger partial charge in [-0.3, -0.25) is 5.10 Å². The fourth-order valence-corrected chi connectivity index (χ4v) is 2.74. The molecular formula is C16H15Cl2N3. The van der Waals surface area contributed by atoms with E-state index in [4.69, 9.17) is 23.2 Å². The molecule has 1 unspecified atom stereocenters. The Balaban J connectivity index is 1.93. The van der Waals surface area contributed by atoms with Crippen LogP contribution < -0.4 is 5.32 Å². The average molecular weight is 320 g/mol. The van der Waals surface area contributed by atoms with Crippen molar-refractivity contribution in [3.63, 3.8) is 0 Å². The quantitative estimate of drug-likeness (QED) is 0.672. The van der Waals surface area contributed by atoms with E-state index in [2.05, 4.69) is 28.5 Å². The molecule has 0 radical (unpaired) electrons. The van der Waals surface area contributed by atoms with Crippen molar-refractivity contribution in [2.45, 2.75) is 19.4 Å². The molecule has 3 rings (SSSR count). The van der Waals surface area contributed by atoms with Crippen LogP contribution in [0.1, 0.15) is 24.9 Å². The lowest BCUT2D eigenvalue weighted by molar-refractivity contribution is 0.750. The highest BCUT2D eigenvalue weighted by molar-refractivity contribution is 6.42. The fourth-order valence-electron chi connectivity index (χ4n) is 2.43. The van der Waals surface area contributed by atoms with Crippen molar-refractivity contribution in [1.82, 2.24) is 10.2 Å². The van der Waals surface area contributed by atoms with E-state index < -0.39 is 0 Å². The van der Waals surface area contributed by atoms with Gasteiger partial charge in [-0.05, 0) is 36.2 Å². The Morgan fingerprint density at radius 3 is 2.81 bits per heavy atom. The first-order chi connectivity index (χ1) is 10.2. The normalized spacial score (nSPS) is 12.5. The number of benzene rings is 2. The number of nitrogens with one attached hydrogen (secondary N) is 2. The second-order valence-corrected chi connectivity index (χ2v) is 5.73. The summed E-state index contributed by atoms with van der Waals surface area (Å²) in [5.74, 6) is 0. The highest BCUT2D eigenvalue weighted by Gasteiger charge is 2.12. The van der Waals surface area contributed by atoms with Gasteiger partial charge in [-0.25, -0.2) is 0 Å². The van der Waals surface area contributed by atoms with Gasteiger partial charge in [0.15, 0.2) is 0 Å². The first-order valence-corrected chi connectivity index (χ1v) is 7.58. The summed E-state index contributed by atoms with van der Waals surface area (Å²) in [6.45, 7) is 2.13. The first-order valence-electron chi connectivity index (χ1n) is 6.82. The zero-order chi connectivity index (χ0) is 14.8. The van der Waals surface area contributed by atoms with E-state index in [1.807, 2.05) is 36.5 Å². The Kier molecular flexibility index (Phi) is 4.04. The van der Waals surface area contributed by atoms with Gasteiger partial charge in [0, 0.05) is 11.1 Å². The molecule has 0 aliphatic heterocycles. The van der Waals surface area contributed by atoms with E-state index in [9.17, 15) is 0 Å². The molecule has 1 aromatic heterocycles. The maximum Gasteiger partial charge on any atom is 0.0671 e. The lowest BCUT2D eigenvalue weighted by atomic mass is 10.0.